The highest BCUT2D eigenvalue weighted by Crippen LogP contribution is 2.24. The summed E-state index contributed by atoms with van der Waals surface area (Å²) in [6.07, 6.45) is 2.76. The van der Waals surface area contributed by atoms with E-state index in [-0.39, 0.29) is 0 Å². The van der Waals surface area contributed by atoms with Crippen molar-refractivity contribution in [2.45, 2.75) is 18.2 Å². The molecule has 0 aliphatic carbocycles. The van der Waals surface area contributed by atoms with Crippen LogP contribution in [0.2, 0.25) is 0 Å². The van der Waals surface area contributed by atoms with E-state index in [0.717, 1.165) is 22.7 Å². The highest BCUT2D eigenvalue weighted by atomic mass is 32.2. The Kier molecular flexibility index (Phi) is 4.90. The van der Waals surface area contributed by atoms with E-state index in [0.29, 0.717) is 4.90 Å². The summed E-state index contributed by atoms with van der Waals surface area (Å²) < 4.78 is 20.4. The average Bonchev–Trinajstić information content (AvgIpc) is 2.87. The molecule has 0 saturated heterocycles. The van der Waals surface area contributed by atoms with E-state index in [4.69, 9.17) is 0 Å². The van der Waals surface area contributed by atoms with Crippen LogP contribution in [0.3, 0.4) is 0 Å². The van der Waals surface area contributed by atoms with Crippen LogP contribution < -0.4 is 5.32 Å². The third-order valence-corrected chi connectivity index (χ3v) is 4.34. The number of allylic oxidation sites excluding steroid dienone is 1. The first-order valence-electron chi connectivity index (χ1n) is 5.91. The lowest BCUT2D eigenvalue weighted by atomic mass is 10.2. The Morgan fingerprint density at radius 2 is 2.11 bits per heavy atom. The SMILES string of the molecule is CC/C(=C/c1sccc1S(=O)O)Nc1ccccc1. The van der Waals surface area contributed by atoms with Crippen LogP contribution in [0.4, 0.5) is 5.69 Å². The van der Waals surface area contributed by atoms with Gasteiger partial charge < -0.3 is 9.87 Å². The maximum Gasteiger partial charge on any atom is 0.187 e. The molecular weight excluding hydrogens is 278 g/mol. The quantitative estimate of drug-likeness (QED) is 0.813. The molecule has 1 aromatic heterocycles. The lowest BCUT2D eigenvalue weighted by Gasteiger charge is -2.09. The number of thiophene rings is 1. The molecule has 1 atom stereocenters. The van der Waals surface area contributed by atoms with Gasteiger partial charge in [-0.1, -0.05) is 25.1 Å². The Balaban J connectivity index is 2.24. The number of anilines is 1. The maximum atomic E-state index is 11.2. The molecule has 2 aromatic rings. The minimum absolute atomic E-state index is 0.464. The van der Waals surface area contributed by atoms with Crippen LogP contribution in [0, 0.1) is 0 Å². The molecule has 0 saturated carbocycles. The van der Waals surface area contributed by atoms with Gasteiger partial charge in [0.15, 0.2) is 11.1 Å². The topological polar surface area (TPSA) is 49.3 Å². The molecule has 0 bridgehead atoms. The number of para-hydroxylation sites is 1. The standard InChI is InChI=1S/C14H15NO2S2/c1-2-11(15-12-6-4-3-5-7-12)10-13-14(19(16)17)8-9-18-13/h3-10,15H,2H2,1H3,(H,16,17)/b11-10-. The molecule has 1 aromatic carbocycles. The maximum absolute atomic E-state index is 11.2. The summed E-state index contributed by atoms with van der Waals surface area (Å²) in [5.41, 5.74) is 2.03. The summed E-state index contributed by atoms with van der Waals surface area (Å²) in [7, 11) is 0. The van der Waals surface area contributed by atoms with E-state index in [1.165, 1.54) is 11.3 Å². The first kappa shape index (κ1) is 14.0. The highest BCUT2D eigenvalue weighted by Gasteiger charge is 2.08. The van der Waals surface area contributed by atoms with Gasteiger partial charge in [-0.3, -0.25) is 0 Å². The van der Waals surface area contributed by atoms with Gasteiger partial charge in [-0.2, -0.15) is 0 Å². The van der Waals surface area contributed by atoms with Gasteiger partial charge in [0.1, 0.15) is 0 Å². The third kappa shape index (κ3) is 3.76. The molecule has 2 rings (SSSR count). The molecule has 0 radical (unpaired) electrons. The monoisotopic (exact) mass is 293 g/mol. The van der Waals surface area contributed by atoms with Crippen LogP contribution in [0.25, 0.3) is 6.08 Å². The lowest BCUT2D eigenvalue weighted by Crippen LogP contribution is -1.98. The Labute approximate surface area is 119 Å². The highest BCUT2D eigenvalue weighted by molar-refractivity contribution is 7.79. The van der Waals surface area contributed by atoms with Gasteiger partial charge in [0.05, 0.1) is 4.90 Å². The second kappa shape index (κ2) is 6.65. The van der Waals surface area contributed by atoms with Crippen molar-refractivity contribution in [2.75, 3.05) is 5.32 Å². The van der Waals surface area contributed by atoms with E-state index in [2.05, 4.69) is 5.32 Å². The van der Waals surface area contributed by atoms with Crippen molar-refractivity contribution in [3.63, 3.8) is 0 Å². The number of rotatable bonds is 5. The largest absolute Gasteiger partial charge is 0.359 e. The zero-order valence-corrected chi connectivity index (χ0v) is 12.1. The molecule has 0 fully saturated rings. The molecule has 2 N–H and O–H groups in total. The third-order valence-electron chi connectivity index (χ3n) is 2.61. The molecule has 0 aliphatic rings. The van der Waals surface area contributed by atoms with Crippen molar-refractivity contribution < 1.29 is 8.76 Å². The fraction of sp³-hybridized carbons (Fsp3) is 0.143. The predicted octanol–water partition coefficient (Wildman–Crippen LogP) is 4.19. The van der Waals surface area contributed by atoms with Crippen molar-refractivity contribution in [1.82, 2.24) is 0 Å². The average molecular weight is 293 g/mol. The normalized spacial score (nSPS) is 13.3. The van der Waals surface area contributed by atoms with Crippen LogP contribution in [-0.4, -0.2) is 8.76 Å². The summed E-state index contributed by atoms with van der Waals surface area (Å²) in [6, 6.07) is 11.6. The number of hydrogen-bond acceptors (Lipinski definition) is 3. The number of hydrogen-bond donors (Lipinski definition) is 2. The second-order valence-electron chi connectivity index (χ2n) is 3.91. The molecule has 1 heterocycles. The van der Waals surface area contributed by atoms with Gasteiger partial charge in [-0.15, -0.1) is 11.3 Å². The molecule has 100 valence electrons. The molecule has 3 nitrogen and oxygen atoms in total. The summed E-state index contributed by atoms with van der Waals surface area (Å²) in [4.78, 5) is 1.28. The minimum Gasteiger partial charge on any atom is -0.359 e. The van der Waals surface area contributed by atoms with E-state index < -0.39 is 11.1 Å². The zero-order valence-electron chi connectivity index (χ0n) is 10.5. The van der Waals surface area contributed by atoms with Crippen molar-refractivity contribution in [2.24, 2.45) is 0 Å². The van der Waals surface area contributed by atoms with Crippen molar-refractivity contribution in [1.29, 1.82) is 0 Å². The van der Waals surface area contributed by atoms with Crippen LogP contribution in [-0.2, 0) is 11.1 Å². The fourth-order valence-corrected chi connectivity index (χ4v) is 3.26. The Bertz CT molecular complexity index is 591. The Morgan fingerprint density at radius 3 is 2.74 bits per heavy atom. The first-order valence-corrected chi connectivity index (χ1v) is 7.90. The fourth-order valence-electron chi connectivity index (χ4n) is 1.65. The molecule has 1 unspecified atom stereocenters. The van der Waals surface area contributed by atoms with Gasteiger partial charge in [0.2, 0.25) is 0 Å². The van der Waals surface area contributed by atoms with E-state index >= 15 is 0 Å². The van der Waals surface area contributed by atoms with E-state index in [1.54, 1.807) is 6.07 Å². The predicted molar refractivity (Wildman–Crippen MR) is 81.7 cm³/mol. The second-order valence-corrected chi connectivity index (χ2v) is 5.80. The van der Waals surface area contributed by atoms with Crippen LogP contribution in [0.15, 0.2) is 52.4 Å². The minimum atomic E-state index is -1.94. The summed E-state index contributed by atoms with van der Waals surface area (Å²) >= 11 is -0.474. The molecule has 0 amide bonds. The lowest BCUT2D eigenvalue weighted by molar-refractivity contribution is 0.564. The zero-order chi connectivity index (χ0) is 13.7. The van der Waals surface area contributed by atoms with Gasteiger partial charge in [0.25, 0.3) is 0 Å². The van der Waals surface area contributed by atoms with Crippen LogP contribution in [0.5, 0.6) is 0 Å². The van der Waals surface area contributed by atoms with Crippen LogP contribution >= 0.6 is 11.3 Å². The molecule has 0 spiro atoms. The van der Waals surface area contributed by atoms with Crippen LogP contribution in [0.1, 0.15) is 18.2 Å². The summed E-state index contributed by atoms with van der Waals surface area (Å²) in [5, 5.41) is 5.14. The number of benzene rings is 1. The van der Waals surface area contributed by atoms with Crippen molar-refractivity contribution in [3.8, 4) is 0 Å². The van der Waals surface area contributed by atoms with E-state index in [1.807, 2.05) is 48.7 Å². The van der Waals surface area contributed by atoms with Gasteiger partial charge in [0, 0.05) is 16.3 Å². The van der Waals surface area contributed by atoms with Crippen molar-refractivity contribution >= 4 is 34.2 Å². The summed E-state index contributed by atoms with van der Waals surface area (Å²) in [5.74, 6) is 0. The smallest absolute Gasteiger partial charge is 0.187 e. The van der Waals surface area contributed by atoms with Gasteiger partial charge in [-0.25, -0.2) is 4.21 Å². The first-order chi connectivity index (χ1) is 9.20. The van der Waals surface area contributed by atoms with E-state index in [9.17, 15) is 8.76 Å². The number of nitrogens with one attached hydrogen (secondary N) is 1. The molecular formula is C14H15NO2S2. The van der Waals surface area contributed by atoms with Crippen molar-refractivity contribution in [3.05, 3.63) is 52.4 Å². The summed E-state index contributed by atoms with van der Waals surface area (Å²) in [6.45, 7) is 2.05. The molecule has 0 aliphatic heterocycles. The molecule has 19 heavy (non-hydrogen) atoms. The molecule has 5 heteroatoms. The Hall–Kier alpha value is -1.43. The van der Waals surface area contributed by atoms with Gasteiger partial charge >= 0.3 is 0 Å². The van der Waals surface area contributed by atoms with Gasteiger partial charge in [-0.05, 0) is 36.1 Å². The Morgan fingerprint density at radius 1 is 1.37 bits per heavy atom.